The molecule has 1 atom stereocenters. The Bertz CT molecular complexity index is 971. The number of fused-ring (bicyclic) bond motifs is 1. The molecule has 0 spiro atoms. The molecule has 29 heavy (non-hydrogen) atoms. The van der Waals surface area contributed by atoms with Gasteiger partial charge in [0.25, 0.3) is 0 Å². The van der Waals surface area contributed by atoms with E-state index in [-0.39, 0.29) is 17.7 Å². The highest BCUT2D eigenvalue weighted by molar-refractivity contribution is 5.81. The van der Waals surface area contributed by atoms with Crippen LogP contribution in [0.2, 0.25) is 0 Å². The van der Waals surface area contributed by atoms with Crippen molar-refractivity contribution in [3.05, 3.63) is 63.7 Å². The summed E-state index contributed by atoms with van der Waals surface area (Å²) in [5, 5.41) is 18.0. The normalized spacial score (nSPS) is 16.4. The third-order valence-electron chi connectivity index (χ3n) is 5.05. The lowest BCUT2D eigenvalue weighted by atomic mass is 9.97. The fourth-order valence-electron chi connectivity index (χ4n) is 3.63. The molecule has 0 bridgehead atoms. The van der Waals surface area contributed by atoms with Crippen LogP contribution in [0.1, 0.15) is 45.7 Å². The van der Waals surface area contributed by atoms with Gasteiger partial charge in [0, 0.05) is 24.9 Å². The molecule has 0 saturated heterocycles. The van der Waals surface area contributed by atoms with Crippen molar-refractivity contribution in [1.82, 2.24) is 14.9 Å². The molecule has 1 aromatic heterocycles. The lowest BCUT2D eigenvalue weighted by Crippen LogP contribution is -2.36. The summed E-state index contributed by atoms with van der Waals surface area (Å²) in [6, 6.07) is 3.82. The fourth-order valence-corrected chi connectivity index (χ4v) is 3.63. The number of alkyl halides is 3. The molecule has 9 heteroatoms. The molecule has 154 valence electrons. The molecular weight excluding hydrogens is 383 g/mol. The summed E-state index contributed by atoms with van der Waals surface area (Å²) in [5.41, 5.74) is 7.89. The SMILES string of the molecule is Cc1nc2c(c(/C(N)=C/C=N)n1)CCN(C(O)c1cccc(C(F)(F)F)c1C)C2. The van der Waals surface area contributed by atoms with Crippen LogP contribution >= 0.6 is 0 Å². The van der Waals surface area contributed by atoms with Crippen LogP contribution in [0.15, 0.2) is 24.3 Å². The van der Waals surface area contributed by atoms with Crippen LogP contribution < -0.4 is 5.73 Å². The molecule has 0 fully saturated rings. The van der Waals surface area contributed by atoms with Crippen LogP contribution in [-0.2, 0) is 19.1 Å². The maximum atomic E-state index is 13.2. The number of rotatable bonds is 4. The Kier molecular flexibility index (Phi) is 5.72. The van der Waals surface area contributed by atoms with Crippen molar-refractivity contribution in [2.24, 2.45) is 5.73 Å². The largest absolute Gasteiger partial charge is 0.416 e. The Morgan fingerprint density at radius 3 is 2.69 bits per heavy atom. The van der Waals surface area contributed by atoms with Gasteiger partial charge in [-0.15, -0.1) is 0 Å². The Morgan fingerprint density at radius 2 is 2.03 bits per heavy atom. The number of aliphatic hydroxyl groups excluding tert-OH is 1. The average molecular weight is 405 g/mol. The van der Waals surface area contributed by atoms with Gasteiger partial charge in [0.15, 0.2) is 0 Å². The van der Waals surface area contributed by atoms with Gasteiger partial charge >= 0.3 is 6.18 Å². The highest BCUT2D eigenvalue weighted by Crippen LogP contribution is 2.36. The number of halogens is 3. The van der Waals surface area contributed by atoms with E-state index in [1.165, 1.54) is 25.1 Å². The summed E-state index contributed by atoms with van der Waals surface area (Å²) >= 11 is 0. The van der Waals surface area contributed by atoms with Crippen molar-refractivity contribution in [3.63, 3.8) is 0 Å². The quantitative estimate of drug-likeness (QED) is 0.679. The van der Waals surface area contributed by atoms with Crippen LogP contribution in [0.25, 0.3) is 5.70 Å². The van der Waals surface area contributed by atoms with Gasteiger partial charge < -0.3 is 16.2 Å². The van der Waals surface area contributed by atoms with Gasteiger partial charge in [-0.25, -0.2) is 9.97 Å². The standard InChI is InChI=1S/C20H22F3N5O/c1-11-13(4-3-5-15(11)20(21,22)23)19(29)28-9-7-14-17(10-28)26-12(2)27-18(14)16(25)6-8-24/h3-6,8,19,24,29H,7,9-10,25H2,1-2H3/b16-6-,24-8?. The van der Waals surface area contributed by atoms with E-state index in [9.17, 15) is 18.3 Å². The van der Waals surface area contributed by atoms with Crippen LogP contribution in [0.4, 0.5) is 13.2 Å². The van der Waals surface area contributed by atoms with Crippen LogP contribution in [0.3, 0.4) is 0 Å². The van der Waals surface area contributed by atoms with Crippen molar-refractivity contribution in [1.29, 1.82) is 5.41 Å². The number of nitrogens with zero attached hydrogens (tertiary/aromatic N) is 3. The van der Waals surface area contributed by atoms with Gasteiger partial charge in [-0.2, -0.15) is 13.2 Å². The summed E-state index contributed by atoms with van der Waals surface area (Å²) in [7, 11) is 0. The lowest BCUT2D eigenvalue weighted by Gasteiger charge is -2.34. The topological polar surface area (TPSA) is 99.1 Å². The van der Waals surface area contributed by atoms with Gasteiger partial charge in [-0.05, 0) is 43.5 Å². The molecule has 1 aliphatic heterocycles. The molecular formula is C20H22F3N5O. The van der Waals surface area contributed by atoms with E-state index in [4.69, 9.17) is 11.1 Å². The Labute approximate surface area is 166 Å². The molecule has 1 aliphatic rings. The predicted molar refractivity (Wildman–Crippen MR) is 103 cm³/mol. The van der Waals surface area contributed by atoms with E-state index in [0.29, 0.717) is 35.9 Å². The van der Waals surface area contributed by atoms with Gasteiger partial charge in [0.05, 0.1) is 22.6 Å². The summed E-state index contributed by atoms with van der Waals surface area (Å²) in [4.78, 5) is 10.5. The summed E-state index contributed by atoms with van der Waals surface area (Å²) in [6.45, 7) is 3.74. The van der Waals surface area contributed by atoms with E-state index >= 15 is 0 Å². The Morgan fingerprint density at radius 1 is 1.31 bits per heavy atom. The van der Waals surface area contributed by atoms with Crippen molar-refractivity contribution in [2.75, 3.05) is 6.54 Å². The Hall–Kier alpha value is -2.78. The molecule has 0 aliphatic carbocycles. The second-order valence-electron chi connectivity index (χ2n) is 6.95. The smallest absolute Gasteiger partial charge is 0.397 e. The van der Waals surface area contributed by atoms with E-state index in [1.54, 1.807) is 11.8 Å². The lowest BCUT2D eigenvalue weighted by molar-refractivity contribution is -0.138. The summed E-state index contributed by atoms with van der Waals surface area (Å²) in [6.07, 6.45) is -2.68. The molecule has 1 aromatic carbocycles. The minimum atomic E-state index is -4.48. The predicted octanol–water partition coefficient (Wildman–Crippen LogP) is 3.11. The fraction of sp³-hybridized carbons (Fsp3) is 0.350. The molecule has 2 heterocycles. The van der Waals surface area contributed by atoms with Crippen molar-refractivity contribution in [2.45, 2.75) is 39.2 Å². The number of allylic oxidation sites excluding steroid dienone is 1. The number of benzene rings is 1. The van der Waals surface area contributed by atoms with Gasteiger partial charge in [-0.3, -0.25) is 4.90 Å². The number of aryl methyl sites for hydroxylation is 1. The second kappa shape index (κ2) is 7.92. The second-order valence-corrected chi connectivity index (χ2v) is 6.95. The molecule has 1 unspecified atom stereocenters. The minimum Gasteiger partial charge on any atom is -0.397 e. The molecule has 4 N–H and O–H groups in total. The monoisotopic (exact) mass is 405 g/mol. The highest BCUT2D eigenvalue weighted by Gasteiger charge is 2.35. The number of hydrogen-bond donors (Lipinski definition) is 3. The number of aliphatic hydroxyl groups is 1. The molecule has 3 rings (SSSR count). The van der Waals surface area contributed by atoms with Gasteiger partial charge in [-0.1, -0.05) is 12.1 Å². The number of aromatic nitrogens is 2. The van der Waals surface area contributed by atoms with Crippen molar-refractivity contribution in [3.8, 4) is 0 Å². The minimum absolute atomic E-state index is 0.0102. The molecule has 6 nitrogen and oxygen atoms in total. The first-order valence-corrected chi connectivity index (χ1v) is 9.05. The van der Waals surface area contributed by atoms with Gasteiger partial charge in [0.2, 0.25) is 0 Å². The van der Waals surface area contributed by atoms with Crippen LogP contribution in [0.5, 0.6) is 0 Å². The van der Waals surface area contributed by atoms with E-state index in [2.05, 4.69) is 9.97 Å². The summed E-state index contributed by atoms with van der Waals surface area (Å²) < 4.78 is 39.6. The molecule has 0 saturated carbocycles. The maximum Gasteiger partial charge on any atom is 0.416 e. The molecule has 0 radical (unpaired) electrons. The van der Waals surface area contributed by atoms with E-state index < -0.39 is 18.0 Å². The average Bonchev–Trinajstić information content (AvgIpc) is 2.65. The first kappa shape index (κ1) is 20.9. The first-order chi connectivity index (χ1) is 13.6. The first-order valence-electron chi connectivity index (χ1n) is 9.05. The zero-order chi connectivity index (χ0) is 21.3. The number of hydrogen-bond acceptors (Lipinski definition) is 6. The van der Waals surface area contributed by atoms with Crippen LogP contribution in [-0.4, -0.2) is 32.7 Å². The Balaban J connectivity index is 1.94. The van der Waals surface area contributed by atoms with E-state index in [1.807, 2.05) is 0 Å². The third kappa shape index (κ3) is 4.15. The number of nitrogens with one attached hydrogen (secondary N) is 1. The highest BCUT2D eigenvalue weighted by atomic mass is 19.4. The third-order valence-corrected chi connectivity index (χ3v) is 5.05. The summed E-state index contributed by atoms with van der Waals surface area (Å²) in [5.74, 6) is 0.492. The van der Waals surface area contributed by atoms with Crippen LogP contribution in [0, 0.1) is 19.3 Å². The molecule has 0 amide bonds. The molecule has 2 aromatic rings. The number of nitrogens with two attached hydrogens (primary N) is 1. The zero-order valence-corrected chi connectivity index (χ0v) is 16.1. The van der Waals surface area contributed by atoms with E-state index in [0.717, 1.165) is 17.8 Å². The maximum absolute atomic E-state index is 13.2. The van der Waals surface area contributed by atoms with Crippen molar-refractivity contribution >= 4 is 11.9 Å². The van der Waals surface area contributed by atoms with Crippen molar-refractivity contribution < 1.29 is 18.3 Å². The van der Waals surface area contributed by atoms with Gasteiger partial charge in [0.1, 0.15) is 12.1 Å². The zero-order valence-electron chi connectivity index (χ0n) is 16.1.